The molecule has 0 amide bonds. The van der Waals surface area contributed by atoms with Crippen molar-refractivity contribution < 1.29 is 13.9 Å². The van der Waals surface area contributed by atoms with Crippen molar-refractivity contribution in [3.05, 3.63) is 42.0 Å². The van der Waals surface area contributed by atoms with Gasteiger partial charge in [-0.25, -0.2) is 9.37 Å². The van der Waals surface area contributed by atoms with Crippen molar-refractivity contribution in [1.29, 1.82) is 0 Å². The molecule has 0 bridgehead atoms. The summed E-state index contributed by atoms with van der Waals surface area (Å²) >= 11 is 0. The fourth-order valence-corrected chi connectivity index (χ4v) is 3.23. The number of benzene rings is 1. The van der Waals surface area contributed by atoms with E-state index in [9.17, 15) is 9.50 Å². The summed E-state index contributed by atoms with van der Waals surface area (Å²) in [5.41, 5.74) is 1.61. The molecule has 1 fully saturated rings. The van der Waals surface area contributed by atoms with Gasteiger partial charge in [0.05, 0.1) is 11.8 Å². The summed E-state index contributed by atoms with van der Waals surface area (Å²) in [6, 6.07) is 6.32. The maximum atomic E-state index is 13.0. The Morgan fingerprint density at radius 3 is 2.87 bits per heavy atom. The summed E-state index contributed by atoms with van der Waals surface area (Å²) in [6.07, 6.45) is 5.47. The minimum atomic E-state index is -0.293. The van der Waals surface area contributed by atoms with Crippen LogP contribution in [0.1, 0.15) is 38.3 Å². The second-order valence-corrected chi connectivity index (χ2v) is 6.16. The van der Waals surface area contributed by atoms with Gasteiger partial charge in [-0.3, -0.25) is 4.90 Å². The Labute approximate surface area is 136 Å². The number of aliphatic hydroxyl groups excluding tert-OH is 1. The van der Waals surface area contributed by atoms with Crippen LogP contribution in [0.2, 0.25) is 0 Å². The maximum Gasteiger partial charge on any atom is 0.226 e. The first kappa shape index (κ1) is 16.1. The van der Waals surface area contributed by atoms with Crippen molar-refractivity contribution >= 4 is 0 Å². The van der Waals surface area contributed by atoms with Crippen LogP contribution in [0.5, 0.6) is 0 Å². The van der Waals surface area contributed by atoms with E-state index in [1.807, 2.05) is 6.92 Å². The Hall–Kier alpha value is -1.72. The molecule has 0 saturated carbocycles. The summed E-state index contributed by atoms with van der Waals surface area (Å²) in [5.74, 6) is 0.231. The highest BCUT2D eigenvalue weighted by Gasteiger charge is 2.28. The number of halogens is 1. The van der Waals surface area contributed by atoms with E-state index in [0.717, 1.165) is 43.5 Å². The zero-order chi connectivity index (χ0) is 16.2. The number of oxazole rings is 1. The van der Waals surface area contributed by atoms with Gasteiger partial charge in [-0.05, 0) is 50.1 Å². The zero-order valence-electron chi connectivity index (χ0n) is 13.4. The quantitative estimate of drug-likeness (QED) is 0.915. The third-order valence-electron chi connectivity index (χ3n) is 4.53. The van der Waals surface area contributed by atoms with E-state index in [1.54, 1.807) is 18.4 Å². The highest BCUT2D eigenvalue weighted by atomic mass is 19.1. The minimum Gasteiger partial charge on any atom is -0.444 e. The van der Waals surface area contributed by atoms with E-state index >= 15 is 0 Å². The highest BCUT2D eigenvalue weighted by molar-refractivity contribution is 5.52. The number of aliphatic hydroxyl groups is 1. The first-order valence-electron chi connectivity index (χ1n) is 8.30. The predicted molar refractivity (Wildman–Crippen MR) is 86.2 cm³/mol. The largest absolute Gasteiger partial charge is 0.444 e. The highest BCUT2D eigenvalue weighted by Crippen LogP contribution is 2.25. The second kappa shape index (κ2) is 7.23. The van der Waals surface area contributed by atoms with Crippen molar-refractivity contribution in [1.82, 2.24) is 9.88 Å². The minimum absolute atomic E-state index is 0.194. The van der Waals surface area contributed by atoms with Crippen LogP contribution < -0.4 is 0 Å². The molecule has 3 rings (SSSR count). The average Bonchev–Trinajstić information content (AvgIpc) is 3.04. The molecule has 1 N–H and O–H groups in total. The zero-order valence-corrected chi connectivity index (χ0v) is 13.4. The Kier molecular flexibility index (Phi) is 5.08. The van der Waals surface area contributed by atoms with Crippen LogP contribution >= 0.6 is 0 Å². The third kappa shape index (κ3) is 3.79. The molecule has 0 spiro atoms. The van der Waals surface area contributed by atoms with Crippen LogP contribution in [0.3, 0.4) is 0 Å². The first-order chi connectivity index (χ1) is 11.2. The number of hydrogen-bond donors (Lipinski definition) is 1. The molecule has 0 radical (unpaired) electrons. The van der Waals surface area contributed by atoms with Gasteiger partial charge in [0.25, 0.3) is 0 Å². The molecule has 5 heteroatoms. The van der Waals surface area contributed by atoms with Gasteiger partial charge in [-0.15, -0.1) is 0 Å². The van der Waals surface area contributed by atoms with Gasteiger partial charge in [-0.1, -0.05) is 13.3 Å². The molecular formula is C18H23FN2O2. The van der Waals surface area contributed by atoms with Crippen LogP contribution in [-0.2, 0) is 6.54 Å². The number of rotatable bonds is 5. The van der Waals surface area contributed by atoms with E-state index in [4.69, 9.17) is 4.42 Å². The lowest BCUT2D eigenvalue weighted by Crippen LogP contribution is -2.46. The lowest BCUT2D eigenvalue weighted by atomic mass is 9.96. The summed E-state index contributed by atoms with van der Waals surface area (Å²) < 4.78 is 18.5. The molecule has 23 heavy (non-hydrogen) atoms. The van der Waals surface area contributed by atoms with Crippen molar-refractivity contribution in [2.45, 2.75) is 51.3 Å². The molecule has 2 aromatic rings. The Morgan fingerprint density at radius 2 is 2.13 bits per heavy atom. The monoisotopic (exact) mass is 318 g/mol. The molecular weight excluding hydrogens is 295 g/mol. The molecule has 2 atom stereocenters. The SMILES string of the molecule is CCC(O)C1CCCCN1Cc1coc(-c2ccc(F)cc2)n1. The van der Waals surface area contributed by atoms with Gasteiger partial charge in [0.1, 0.15) is 12.1 Å². The summed E-state index contributed by atoms with van der Waals surface area (Å²) in [6.45, 7) is 3.66. The number of nitrogens with zero attached hydrogens (tertiary/aromatic N) is 2. The predicted octanol–water partition coefficient (Wildman–Crippen LogP) is 3.61. The third-order valence-corrected chi connectivity index (χ3v) is 4.53. The molecule has 2 unspecified atom stereocenters. The van der Waals surface area contributed by atoms with Crippen molar-refractivity contribution in [2.24, 2.45) is 0 Å². The van der Waals surface area contributed by atoms with Crippen molar-refractivity contribution in [2.75, 3.05) is 6.54 Å². The summed E-state index contributed by atoms with van der Waals surface area (Å²) in [5, 5.41) is 10.2. The maximum absolute atomic E-state index is 13.0. The number of likely N-dealkylation sites (tertiary alicyclic amines) is 1. The molecule has 1 aliphatic rings. The van der Waals surface area contributed by atoms with Gasteiger partial charge in [0, 0.05) is 18.2 Å². The van der Waals surface area contributed by atoms with Crippen LogP contribution in [0.15, 0.2) is 34.9 Å². The van der Waals surface area contributed by atoms with E-state index in [0.29, 0.717) is 12.4 Å². The Balaban J connectivity index is 1.71. The van der Waals surface area contributed by atoms with Crippen LogP contribution in [0.4, 0.5) is 4.39 Å². The molecule has 2 heterocycles. The number of hydrogen-bond acceptors (Lipinski definition) is 4. The molecule has 1 saturated heterocycles. The van der Waals surface area contributed by atoms with Crippen molar-refractivity contribution in [3.63, 3.8) is 0 Å². The van der Waals surface area contributed by atoms with E-state index in [2.05, 4.69) is 9.88 Å². The smallest absolute Gasteiger partial charge is 0.226 e. The van der Waals surface area contributed by atoms with E-state index in [-0.39, 0.29) is 18.0 Å². The first-order valence-corrected chi connectivity index (χ1v) is 8.30. The van der Waals surface area contributed by atoms with E-state index in [1.165, 1.54) is 12.1 Å². The lowest BCUT2D eigenvalue weighted by Gasteiger charge is -2.37. The van der Waals surface area contributed by atoms with Crippen molar-refractivity contribution in [3.8, 4) is 11.5 Å². The second-order valence-electron chi connectivity index (χ2n) is 6.16. The molecule has 124 valence electrons. The number of aromatic nitrogens is 1. The molecule has 4 nitrogen and oxygen atoms in total. The standard InChI is InChI=1S/C18H23FN2O2/c1-2-17(22)16-5-3-4-10-21(16)11-15-12-23-18(20-15)13-6-8-14(19)9-7-13/h6-9,12,16-17,22H,2-5,10-11H2,1H3. The number of piperidine rings is 1. The summed E-state index contributed by atoms with van der Waals surface area (Å²) in [4.78, 5) is 6.81. The van der Waals surface area contributed by atoms with Gasteiger partial charge >= 0.3 is 0 Å². The topological polar surface area (TPSA) is 49.5 Å². The van der Waals surface area contributed by atoms with Gasteiger partial charge < -0.3 is 9.52 Å². The molecule has 1 aliphatic heterocycles. The Bertz CT molecular complexity index is 626. The summed E-state index contributed by atoms with van der Waals surface area (Å²) in [7, 11) is 0. The molecule has 0 aliphatic carbocycles. The lowest BCUT2D eigenvalue weighted by molar-refractivity contribution is 0.0189. The molecule has 1 aromatic heterocycles. The van der Waals surface area contributed by atoms with Gasteiger partial charge in [0.2, 0.25) is 5.89 Å². The van der Waals surface area contributed by atoms with E-state index < -0.39 is 0 Å². The Morgan fingerprint density at radius 1 is 1.35 bits per heavy atom. The van der Waals surface area contributed by atoms with Crippen LogP contribution in [0.25, 0.3) is 11.5 Å². The normalized spacial score (nSPS) is 20.6. The van der Waals surface area contributed by atoms with Gasteiger partial charge in [0.15, 0.2) is 0 Å². The molecule has 1 aromatic carbocycles. The fourth-order valence-electron chi connectivity index (χ4n) is 3.23. The van der Waals surface area contributed by atoms with Crippen LogP contribution in [-0.4, -0.2) is 33.7 Å². The van der Waals surface area contributed by atoms with Gasteiger partial charge in [-0.2, -0.15) is 0 Å². The fraction of sp³-hybridized carbons (Fsp3) is 0.500. The average molecular weight is 318 g/mol. The van der Waals surface area contributed by atoms with Crippen LogP contribution in [0, 0.1) is 5.82 Å².